The van der Waals surface area contributed by atoms with Crippen LogP contribution in [-0.2, 0) is 0 Å². The summed E-state index contributed by atoms with van der Waals surface area (Å²) in [5.74, 6) is -0.362. The van der Waals surface area contributed by atoms with Gasteiger partial charge in [-0.05, 0) is 34.7 Å². The summed E-state index contributed by atoms with van der Waals surface area (Å²) in [6, 6.07) is 2.61. The number of fused-ring (bicyclic) bond motifs is 1. The monoisotopic (exact) mass is 323 g/mol. The molecule has 0 atom stereocenters. The third kappa shape index (κ3) is 1.48. The number of benzene rings is 1. The van der Waals surface area contributed by atoms with E-state index < -0.39 is 4.92 Å². The fourth-order valence-electron chi connectivity index (χ4n) is 1.20. The van der Waals surface area contributed by atoms with Crippen molar-refractivity contribution in [1.29, 1.82) is 0 Å². The molecule has 0 amide bonds. The Morgan fingerprint density at radius 1 is 1.50 bits per heavy atom. The van der Waals surface area contributed by atoms with Gasteiger partial charge in [0.25, 0.3) is 5.69 Å². The standard InChI is InChI=1S/C8H3FINO2S/c9-4-1-5(10)8-6(11(12)13)3-14-7(8)2-4/h1-3H. The molecule has 0 radical (unpaired) electrons. The van der Waals surface area contributed by atoms with E-state index in [1.165, 1.54) is 28.8 Å². The molecule has 1 aromatic carbocycles. The highest BCUT2D eigenvalue weighted by Gasteiger charge is 2.17. The molecule has 0 saturated heterocycles. The van der Waals surface area contributed by atoms with E-state index in [0.717, 1.165) is 0 Å². The molecule has 1 aromatic heterocycles. The van der Waals surface area contributed by atoms with Crippen molar-refractivity contribution in [2.24, 2.45) is 0 Å². The average molecular weight is 323 g/mol. The zero-order valence-electron chi connectivity index (χ0n) is 6.66. The van der Waals surface area contributed by atoms with Crippen LogP contribution in [0.25, 0.3) is 10.1 Å². The molecule has 1 heterocycles. The van der Waals surface area contributed by atoms with Gasteiger partial charge in [-0.1, -0.05) is 0 Å². The first-order valence-corrected chi connectivity index (χ1v) is 5.56. The van der Waals surface area contributed by atoms with Crippen LogP contribution in [0.15, 0.2) is 17.5 Å². The topological polar surface area (TPSA) is 43.1 Å². The summed E-state index contributed by atoms with van der Waals surface area (Å²) in [7, 11) is 0. The number of halogens is 2. The first kappa shape index (κ1) is 9.78. The summed E-state index contributed by atoms with van der Waals surface area (Å²) in [6.45, 7) is 0. The van der Waals surface area contributed by atoms with Crippen molar-refractivity contribution < 1.29 is 9.31 Å². The number of thiophene rings is 1. The zero-order chi connectivity index (χ0) is 10.3. The number of hydrogen-bond acceptors (Lipinski definition) is 3. The van der Waals surface area contributed by atoms with Crippen molar-refractivity contribution in [1.82, 2.24) is 0 Å². The molecule has 0 aliphatic heterocycles. The van der Waals surface area contributed by atoms with Gasteiger partial charge in [-0.2, -0.15) is 0 Å². The van der Waals surface area contributed by atoms with E-state index in [9.17, 15) is 14.5 Å². The van der Waals surface area contributed by atoms with Crippen LogP contribution >= 0.6 is 33.9 Å². The van der Waals surface area contributed by atoms with Crippen LogP contribution in [0.3, 0.4) is 0 Å². The van der Waals surface area contributed by atoms with Crippen molar-refractivity contribution in [2.75, 3.05) is 0 Å². The van der Waals surface area contributed by atoms with Gasteiger partial charge in [-0.15, -0.1) is 11.3 Å². The third-order valence-electron chi connectivity index (χ3n) is 1.77. The van der Waals surface area contributed by atoms with Crippen molar-refractivity contribution in [2.45, 2.75) is 0 Å². The van der Waals surface area contributed by atoms with Crippen LogP contribution < -0.4 is 0 Å². The molecule has 6 heteroatoms. The second-order valence-electron chi connectivity index (χ2n) is 2.64. The molecule has 2 aromatic rings. The van der Waals surface area contributed by atoms with E-state index in [-0.39, 0.29) is 11.5 Å². The minimum absolute atomic E-state index is 0.0504. The lowest BCUT2D eigenvalue weighted by molar-refractivity contribution is -0.382. The summed E-state index contributed by atoms with van der Waals surface area (Å²) in [5.41, 5.74) is 0.0504. The lowest BCUT2D eigenvalue weighted by Crippen LogP contribution is -1.87. The smallest absolute Gasteiger partial charge is 0.258 e. The first-order valence-electron chi connectivity index (χ1n) is 3.60. The van der Waals surface area contributed by atoms with Gasteiger partial charge in [-0.3, -0.25) is 10.1 Å². The SMILES string of the molecule is O=[N+]([O-])c1csc2cc(F)cc(I)c12. The Morgan fingerprint density at radius 2 is 2.21 bits per heavy atom. The number of rotatable bonds is 1. The van der Waals surface area contributed by atoms with Crippen molar-refractivity contribution in [3.05, 3.63) is 37.0 Å². The maximum absolute atomic E-state index is 12.9. The molecule has 0 N–H and O–H groups in total. The molecular weight excluding hydrogens is 320 g/mol. The maximum atomic E-state index is 12.9. The lowest BCUT2D eigenvalue weighted by atomic mass is 10.2. The highest BCUT2D eigenvalue weighted by molar-refractivity contribution is 14.1. The molecule has 0 unspecified atom stereocenters. The van der Waals surface area contributed by atoms with E-state index in [1.807, 2.05) is 22.6 Å². The zero-order valence-corrected chi connectivity index (χ0v) is 9.63. The summed E-state index contributed by atoms with van der Waals surface area (Å²) in [4.78, 5) is 10.2. The summed E-state index contributed by atoms with van der Waals surface area (Å²) in [5, 5.41) is 12.6. The number of nitro groups is 1. The molecule has 0 saturated carbocycles. The largest absolute Gasteiger partial charge is 0.288 e. The molecule has 2 rings (SSSR count). The Kier molecular flexibility index (Phi) is 2.40. The molecule has 72 valence electrons. The predicted molar refractivity (Wildman–Crippen MR) is 61.2 cm³/mol. The number of nitrogens with zero attached hydrogens (tertiary/aromatic N) is 1. The van der Waals surface area contributed by atoms with Gasteiger partial charge in [0.15, 0.2) is 0 Å². The fourth-order valence-corrected chi connectivity index (χ4v) is 3.21. The van der Waals surface area contributed by atoms with Gasteiger partial charge < -0.3 is 0 Å². The van der Waals surface area contributed by atoms with Crippen LogP contribution in [0.2, 0.25) is 0 Å². The molecule has 0 spiro atoms. The minimum Gasteiger partial charge on any atom is -0.258 e. The van der Waals surface area contributed by atoms with E-state index in [1.54, 1.807) is 0 Å². The van der Waals surface area contributed by atoms with Crippen LogP contribution in [0.4, 0.5) is 10.1 Å². The van der Waals surface area contributed by atoms with Gasteiger partial charge in [0.2, 0.25) is 0 Å². The van der Waals surface area contributed by atoms with Gasteiger partial charge in [0.1, 0.15) is 5.82 Å². The molecule has 0 bridgehead atoms. The molecular formula is C8H3FINO2S. The van der Waals surface area contributed by atoms with Crippen molar-refractivity contribution >= 4 is 49.7 Å². The molecule has 0 aliphatic carbocycles. The molecule has 14 heavy (non-hydrogen) atoms. The second-order valence-corrected chi connectivity index (χ2v) is 4.71. The van der Waals surface area contributed by atoms with E-state index >= 15 is 0 Å². The Balaban J connectivity index is 2.85. The first-order chi connectivity index (χ1) is 6.59. The fraction of sp³-hybridized carbons (Fsp3) is 0. The van der Waals surface area contributed by atoms with Crippen molar-refractivity contribution in [3.8, 4) is 0 Å². The van der Waals surface area contributed by atoms with Crippen LogP contribution in [0.1, 0.15) is 0 Å². The maximum Gasteiger partial charge on any atom is 0.288 e. The van der Waals surface area contributed by atoms with Crippen LogP contribution in [0, 0.1) is 19.5 Å². The summed E-state index contributed by atoms with van der Waals surface area (Å²) < 4.78 is 14.1. The van der Waals surface area contributed by atoms with Crippen LogP contribution in [0.5, 0.6) is 0 Å². The van der Waals surface area contributed by atoms with E-state index in [4.69, 9.17) is 0 Å². The third-order valence-corrected chi connectivity index (χ3v) is 3.54. The lowest BCUT2D eigenvalue weighted by Gasteiger charge is -1.94. The second kappa shape index (κ2) is 3.43. The quantitative estimate of drug-likeness (QED) is 0.458. The van der Waals surface area contributed by atoms with E-state index in [0.29, 0.717) is 13.7 Å². The number of hydrogen-bond donors (Lipinski definition) is 0. The molecule has 3 nitrogen and oxygen atoms in total. The highest BCUT2D eigenvalue weighted by atomic mass is 127. The normalized spacial score (nSPS) is 10.7. The molecule has 0 aliphatic rings. The summed E-state index contributed by atoms with van der Waals surface area (Å²) >= 11 is 3.09. The Hall–Kier alpha value is -0.760. The van der Waals surface area contributed by atoms with Crippen LogP contribution in [-0.4, -0.2) is 4.92 Å². The van der Waals surface area contributed by atoms with E-state index in [2.05, 4.69) is 0 Å². The van der Waals surface area contributed by atoms with Gasteiger partial charge in [0.05, 0.1) is 15.7 Å². The minimum atomic E-state index is -0.446. The highest BCUT2D eigenvalue weighted by Crippen LogP contribution is 2.35. The Bertz CT molecular complexity index is 525. The van der Waals surface area contributed by atoms with Gasteiger partial charge in [-0.25, -0.2) is 4.39 Å². The van der Waals surface area contributed by atoms with Crippen molar-refractivity contribution in [3.63, 3.8) is 0 Å². The molecule has 0 fully saturated rings. The summed E-state index contributed by atoms with van der Waals surface area (Å²) in [6.07, 6.45) is 0. The van der Waals surface area contributed by atoms with Gasteiger partial charge >= 0.3 is 0 Å². The Labute approximate surface area is 95.8 Å². The average Bonchev–Trinajstić information content (AvgIpc) is 2.47. The predicted octanol–water partition coefficient (Wildman–Crippen LogP) is 3.55. The van der Waals surface area contributed by atoms with Gasteiger partial charge in [0, 0.05) is 8.27 Å². The Morgan fingerprint density at radius 3 is 2.86 bits per heavy atom.